The molecule has 4 aromatic carbocycles. The molecule has 0 N–H and O–H groups in total. The minimum Gasteiger partial charge on any atom is -0.345 e. The largest absolute Gasteiger partial charge is 0.345 e. The molecular formula is C69H82N2. The summed E-state index contributed by atoms with van der Waals surface area (Å²) in [5, 5.41) is 0. The predicted molar refractivity (Wildman–Crippen MR) is 319 cm³/mol. The summed E-state index contributed by atoms with van der Waals surface area (Å²) in [6.45, 7) is 49.4. The van der Waals surface area contributed by atoms with Gasteiger partial charge >= 0.3 is 0 Å². The van der Waals surface area contributed by atoms with Crippen molar-refractivity contribution in [2.75, 3.05) is 16.8 Å². The Morgan fingerprint density at radius 3 is 2.04 bits per heavy atom. The van der Waals surface area contributed by atoms with Gasteiger partial charge in [0.2, 0.25) is 0 Å². The molecular weight excluding hydrogens is 857 g/mol. The molecule has 0 bridgehead atoms. The highest BCUT2D eigenvalue weighted by Crippen LogP contribution is 2.55. The molecule has 368 valence electrons. The molecule has 2 aliphatic rings. The van der Waals surface area contributed by atoms with E-state index in [4.69, 9.17) is 0 Å². The smallest absolute Gasteiger partial charge is 0.0543 e. The minimum absolute atomic E-state index is 0.0172. The van der Waals surface area contributed by atoms with Crippen molar-refractivity contribution in [2.45, 2.75) is 106 Å². The third-order valence-electron chi connectivity index (χ3n) is 14.2. The van der Waals surface area contributed by atoms with E-state index in [2.05, 4.69) is 242 Å². The molecule has 71 heavy (non-hydrogen) atoms. The number of rotatable bonds is 18. The Kier molecular flexibility index (Phi) is 18.8. The van der Waals surface area contributed by atoms with E-state index in [1.165, 1.54) is 61.2 Å². The van der Waals surface area contributed by atoms with Gasteiger partial charge in [-0.05, 0) is 172 Å². The molecule has 2 heteroatoms. The van der Waals surface area contributed by atoms with E-state index in [0.29, 0.717) is 11.8 Å². The van der Waals surface area contributed by atoms with Crippen LogP contribution in [-0.4, -0.2) is 7.05 Å². The van der Waals surface area contributed by atoms with Gasteiger partial charge in [0.1, 0.15) is 0 Å². The Labute approximate surface area is 431 Å². The Morgan fingerprint density at radius 2 is 1.46 bits per heavy atom. The Morgan fingerprint density at radius 1 is 0.775 bits per heavy atom. The van der Waals surface area contributed by atoms with E-state index in [0.717, 1.165) is 58.8 Å². The Bertz CT molecular complexity index is 2860. The third-order valence-corrected chi connectivity index (χ3v) is 14.2. The summed E-state index contributed by atoms with van der Waals surface area (Å²) in [6.07, 6.45) is 32.0. The number of hydrogen-bond acceptors (Lipinski definition) is 2. The lowest BCUT2D eigenvalue weighted by Gasteiger charge is -2.32. The van der Waals surface area contributed by atoms with E-state index in [-0.39, 0.29) is 10.8 Å². The standard InChI is InChI=1S/C52H58N2.C17H24/c1-14-20-21-26-45(36(7)16-3)37-27-29-40(30-28-37)53(13)41-31-32-46-47(34-41)52(11,12)48-35-49(43(18-5)44(19-6)50(46)48)54(39(17-4)23-15-2)42-25-22-24-38(33-42)51(8,9)10;1-6-10-16(14(5)7-2)17-12-9-8-11-15(17)13(3)4/h14-15,17-36H,1-2,4-6,16H2,3,7-13H3;6-8,10-11,13H,2,9,12H2,1,3-5H3/b21-20-,39-23+,45-26+;10-6-,16-14+. The van der Waals surface area contributed by atoms with Crippen molar-refractivity contribution in [1.29, 1.82) is 0 Å². The molecule has 0 aliphatic heterocycles. The monoisotopic (exact) mass is 939 g/mol. The lowest BCUT2D eigenvalue weighted by molar-refractivity contribution is 0.590. The van der Waals surface area contributed by atoms with Gasteiger partial charge in [0, 0.05) is 40.8 Å². The summed E-state index contributed by atoms with van der Waals surface area (Å²) in [5.41, 5.74) is 21.5. The third kappa shape index (κ3) is 12.0. The van der Waals surface area contributed by atoms with Gasteiger partial charge in [-0.1, -0.05) is 205 Å². The Hall–Kier alpha value is -6.90. The topological polar surface area (TPSA) is 6.48 Å². The molecule has 4 aromatic rings. The van der Waals surface area contributed by atoms with E-state index < -0.39 is 0 Å². The zero-order valence-corrected chi connectivity index (χ0v) is 45.4. The van der Waals surface area contributed by atoms with Crippen LogP contribution in [0.2, 0.25) is 0 Å². The van der Waals surface area contributed by atoms with Crippen molar-refractivity contribution >= 4 is 40.5 Å². The fourth-order valence-corrected chi connectivity index (χ4v) is 9.90. The van der Waals surface area contributed by atoms with Crippen molar-refractivity contribution in [3.63, 3.8) is 0 Å². The van der Waals surface area contributed by atoms with Gasteiger partial charge in [-0.3, -0.25) is 0 Å². The van der Waals surface area contributed by atoms with Crippen LogP contribution in [0.15, 0.2) is 213 Å². The molecule has 0 heterocycles. The van der Waals surface area contributed by atoms with Crippen LogP contribution in [-0.2, 0) is 10.8 Å². The number of hydrogen-bond donors (Lipinski definition) is 0. The van der Waals surface area contributed by atoms with Crippen molar-refractivity contribution in [3.8, 4) is 11.1 Å². The van der Waals surface area contributed by atoms with Crippen LogP contribution >= 0.6 is 0 Å². The maximum absolute atomic E-state index is 4.36. The van der Waals surface area contributed by atoms with Crippen molar-refractivity contribution in [1.82, 2.24) is 0 Å². The Balaban J connectivity index is 0.000000466. The van der Waals surface area contributed by atoms with Gasteiger partial charge in [-0.2, -0.15) is 0 Å². The number of benzene rings is 4. The van der Waals surface area contributed by atoms with Crippen molar-refractivity contribution in [2.24, 2.45) is 11.8 Å². The summed E-state index contributed by atoms with van der Waals surface area (Å²) >= 11 is 0. The first-order valence-corrected chi connectivity index (χ1v) is 25.5. The van der Waals surface area contributed by atoms with Gasteiger partial charge in [0.05, 0.1) is 5.69 Å². The van der Waals surface area contributed by atoms with E-state index in [1.54, 1.807) is 0 Å². The lowest BCUT2D eigenvalue weighted by atomic mass is 9.81. The number of nitrogens with zero attached hydrogens (tertiary/aromatic N) is 2. The maximum atomic E-state index is 4.36. The van der Waals surface area contributed by atoms with Crippen LogP contribution < -0.4 is 9.80 Å². The number of fused-ring (bicyclic) bond motifs is 3. The molecule has 0 amide bonds. The fourth-order valence-electron chi connectivity index (χ4n) is 9.90. The highest BCUT2D eigenvalue weighted by molar-refractivity contribution is 5.96. The summed E-state index contributed by atoms with van der Waals surface area (Å²) in [7, 11) is 2.15. The second-order valence-electron chi connectivity index (χ2n) is 20.6. The lowest BCUT2D eigenvalue weighted by Crippen LogP contribution is -2.21. The van der Waals surface area contributed by atoms with E-state index in [1.807, 2.05) is 48.6 Å². The van der Waals surface area contributed by atoms with Gasteiger partial charge in [-0.15, -0.1) is 0 Å². The zero-order valence-electron chi connectivity index (χ0n) is 45.4. The summed E-state index contributed by atoms with van der Waals surface area (Å²) in [6, 6.07) is 27.0. The summed E-state index contributed by atoms with van der Waals surface area (Å²) in [5.74, 6) is 1.03. The van der Waals surface area contributed by atoms with Crippen LogP contribution in [0, 0.1) is 11.8 Å². The number of allylic oxidation sites excluding steroid dienone is 17. The SMILES string of the molecule is C=C/C(C)=C(\C=C/C)C1=C(C(C)C)C=CCC1.C=C/C=C\C=C(\c1ccc(N(C)c2ccc3c(c2)C(C)(C)c2cc(N(/C(C=C)=C/C=C)c4cccc(C(C)(C)C)c4)c(C=C)c(C=C)c2-3)cc1)C(C)CC. The molecule has 2 aliphatic carbocycles. The molecule has 0 fully saturated rings. The average molecular weight is 939 g/mol. The first kappa shape index (κ1) is 55.0. The highest BCUT2D eigenvalue weighted by Gasteiger charge is 2.39. The minimum atomic E-state index is -0.290. The molecule has 0 radical (unpaired) electrons. The van der Waals surface area contributed by atoms with Crippen LogP contribution in [0.1, 0.15) is 129 Å². The van der Waals surface area contributed by atoms with Crippen molar-refractivity contribution < 1.29 is 0 Å². The van der Waals surface area contributed by atoms with Gasteiger partial charge in [0.25, 0.3) is 0 Å². The normalized spacial score (nSPS) is 15.1. The number of anilines is 4. The second kappa shape index (κ2) is 24.3. The van der Waals surface area contributed by atoms with Crippen LogP contribution in [0.5, 0.6) is 0 Å². The van der Waals surface area contributed by atoms with Crippen LogP contribution in [0.3, 0.4) is 0 Å². The van der Waals surface area contributed by atoms with Crippen LogP contribution in [0.25, 0.3) is 28.9 Å². The molecule has 1 unspecified atom stereocenters. The average Bonchev–Trinajstić information content (AvgIpc) is 3.60. The van der Waals surface area contributed by atoms with Crippen molar-refractivity contribution in [3.05, 3.63) is 247 Å². The second-order valence-corrected chi connectivity index (χ2v) is 20.6. The van der Waals surface area contributed by atoms with Gasteiger partial charge in [-0.25, -0.2) is 0 Å². The molecule has 6 rings (SSSR count). The summed E-state index contributed by atoms with van der Waals surface area (Å²) < 4.78 is 0. The quantitative estimate of drug-likeness (QED) is 0.0917. The molecule has 0 aromatic heterocycles. The first-order chi connectivity index (χ1) is 33.9. The van der Waals surface area contributed by atoms with E-state index in [9.17, 15) is 0 Å². The van der Waals surface area contributed by atoms with E-state index >= 15 is 0 Å². The van der Waals surface area contributed by atoms with Gasteiger partial charge in [0.15, 0.2) is 0 Å². The highest BCUT2D eigenvalue weighted by atomic mass is 15.1. The molecule has 0 saturated carbocycles. The molecule has 2 nitrogen and oxygen atoms in total. The van der Waals surface area contributed by atoms with Crippen LogP contribution in [0.4, 0.5) is 22.7 Å². The molecule has 0 spiro atoms. The maximum Gasteiger partial charge on any atom is 0.0543 e. The molecule has 1 atom stereocenters. The molecule has 0 saturated heterocycles. The first-order valence-electron chi connectivity index (χ1n) is 25.5. The fraction of sp³-hybridized carbons (Fsp3) is 0.275. The predicted octanol–water partition coefficient (Wildman–Crippen LogP) is 20.3. The van der Waals surface area contributed by atoms with Gasteiger partial charge < -0.3 is 9.80 Å². The summed E-state index contributed by atoms with van der Waals surface area (Å²) in [4.78, 5) is 4.57. The zero-order chi connectivity index (χ0) is 52.2.